The summed E-state index contributed by atoms with van der Waals surface area (Å²) in [7, 11) is 1.92. The number of carbonyl (C=O) groups is 1. The molecule has 1 saturated heterocycles. The first-order valence-corrected chi connectivity index (χ1v) is 6.59. The number of nitrogens with zero attached hydrogens (tertiary/aromatic N) is 1. The van der Waals surface area contributed by atoms with Gasteiger partial charge in [-0.05, 0) is 30.2 Å². The van der Waals surface area contributed by atoms with Crippen molar-refractivity contribution in [2.45, 2.75) is 12.8 Å². The molecule has 0 atom stereocenters. The maximum atomic E-state index is 12.1. The molecular formula is C14H19N3O. The van der Waals surface area contributed by atoms with Gasteiger partial charge in [-0.25, -0.2) is 0 Å². The number of anilines is 2. The molecule has 2 aliphatic rings. The fraction of sp³-hybridized carbons (Fsp3) is 0.500. The third kappa shape index (κ3) is 1.97. The molecule has 0 aliphatic carbocycles. The summed E-state index contributed by atoms with van der Waals surface area (Å²) in [5.74, 6) is 0.885. The lowest BCUT2D eigenvalue weighted by Crippen LogP contribution is -2.50. The lowest BCUT2D eigenvalue weighted by Gasteiger charge is -2.36. The third-order valence-electron chi connectivity index (χ3n) is 3.88. The lowest BCUT2D eigenvalue weighted by molar-refractivity contribution is -0.119. The smallest absolute Gasteiger partial charge is 0.227 e. The summed E-state index contributed by atoms with van der Waals surface area (Å²) in [6.45, 7) is 2.93. The van der Waals surface area contributed by atoms with Crippen LogP contribution >= 0.6 is 0 Å². The minimum absolute atomic E-state index is 0.270. The van der Waals surface area contributed by atoms with Gasteiger partial charge in [0.2, 0.25) is 5.91 Å². The Morgan fingerprint density at radius 2 is 2.22 bits per heavy atom. The molecule has 1 fully saturated rings. The molecule has 1 aromatic carbocycles. The van der Waals surface area contributed by atoms with Crippen LogP contribution in [0.2, 0.25) is 0 Å². The molecule has 4 nitrogen and oxygen atoms in total. The summed E-state index contributed by atoms with van der Waals surface area (Å²) in [6, 6.07) is 6.28. The van der Waals surface area contributed by atoms with Gasteiger partial charge >= 0.3 is 0 Å². The van der Waals surface area contributed by atoms with Gasteiger partial charge in [0.25, 0.3) is 0 Å². The van der Waals surface area contributed by atoms with E-state index in [0.717, 1.165) is 37.4 Å². The Morgan fingerprint density at radius 3 is 2.89 bits per heavy atom. The van der Waals surface area contributed by atoms with E-state index in [1.54, 1.807) is 0 Å². The molecule has 2 heterocycles. The minimum Gasteiger partial charge on any atom is -0.388 e. The van der Waals surface area contributed by atoms with Gasteiger partial charge in [-0.15, -0.1) is 0 Å². The molecule has 1 aromatic rings. The van der Waals surface area contributed by atoms with Crippen molar-refractivity contribution in [2.24, 2.45) is 5.92 Å². The molecule has 1 amide bonds. The highest BCUT2D eigenvalue weighted by Crippen LogP contribution is 2.31. The Kier molecular flexibility index (Phi) is 2.96. The first-order chi connectivity index (χ1) is 8.78. The summed E-state index contributed by atoms with van der Waals surface area (Å²) >= 11 is 0. The lowest BCUT2D eigenvalue weighted by atomic mass is 9.97. The molecule has 4 heteroatoms. The van der Waals surface area contributed by atoms with E-state index in [-0.39, 0.29) is 5.91 Å². The van der Waals surface area contributed by atoms with Crippen molar-refractivity contribution in [2.75, 3.05) is 36.9 Å². The van der Waals surface area contributed by atoms with E-state index in [1.807, 2.05) is 18.0 Å². The topological polar surface area (TPSA) is 44.4 Å². The van der Waals surface area contributed by atoms with Crippen LogP contribution < -0.4 is 15.5 Å². The zero-order valence-electron chi connectivity index (χ0n) is 10.7. The average molecular weight is 245 g/mol. The summed E-state index contributed by atoms with van der Waals surface area (Å²) < 4.78 is 0. The van der Waals surface area contributed by atoms with Crippen molar-refractivity contribution in [3.63, 3.8) is 0 Å². The number of aryl methyl sites for hydroxylation is 1. The Hall–Kier alpha value is -1.55. The molecule has 2 aliphatic heterocycles. The maximum Gasteiger partial charge on any atom is 0.227 e. The molecule has 3 rings (SSSR count). The highest BCUT2D eigenvalue weighted by Gasteiger charge is 2.28. The number of benzene rings is 1. The zero-order valence-corrected chi connectivity index (χ0v) is 10.7. The van der Waals surface area contributed by atoms with Crippen molar-refractivity contribution < 1.29 is 4.79 Å². The van der Waals surface area contributed by atoms with Crippen LogP contribution in [0.1, 0.15) is 12.0 Å². The number of rotatable bonds is 3. The summed E-state index contributed by atoms with van der Waals surface area (Å²) in [5.41, 5.74) is 3.51. The zero-order chi connectivity index (χ0) is 12.5. The van der Waals surface area contributed by atoms with E-state index in [1.165, 1.54) is 5.56 Å². The molecule has 0 unspecified atom stereocenters. The van der Waals surface area contributed by atoms with Crippen molar-refractivity contribution in [3.05, 3.63) is 23.8 Å². The predicted molar refractivity (Wildman–Crippen MR) is 73.0 cm³/mol. The number of hydrogen-bond donors (Lipinski definition) is 2. The highest BCUT2D eigenvalue weighted by molar-refractivity contribution is 5.96. The minimum atomic E-state index is 0.270. The number of amides is 1. The van der Waals surface area contributed by atoms with E-state index >= 15 is 0 Å². The molecular weight excluding hydrogens is 226 g/mol. The third-order valence-corrected chi connectivity index (χ3v) is 3.88. The fourth-order valence-corrected chi connectivity index (χ4v) is 2.65. The summed E-state index contributed by atoms with van der Waals surface area (Å²) in [6.07, 6.45) is 1.50. The first kappa shape index (κ1) is 11.5. The maximum absolute atomic E-state index is 12.1. The molecule has 0 bridgehead atoms. The van der Waals surface area contributed by atoms with Gasteiger partial charge in [-0.1, -0.05) is 0 Å². The Balaban J connectivity index is 1.87. The molecule has 0 radical (unpaired) electrons. The second-order valence-corrected chi connectivity index (χ2v) is 5.12. The summed E-state index contributed by atoms with van der Waals surface area (Å²) in [5, 5.41) is 6.41. The van der Waals surface area contributed by atoms with E-state index in [9.17, 15) is 4.79 Å². The van der Waals surface area contributed by atoms with Gasteiger partial charge < -0.3 is 15.5 Å². The van der Waals surface area contributed by atoms with E-state index in [4.69, 9.17) is 0 Å². The SMILES string of the molecule is CNc1ccc2c(c1)CCC(=O)N2CC1CNC1. The molecule has 18 heavy (non-hydrogen) atoms. The second kappa shape index (κ2) is 4.61. The van der Waals surface area contributed by atoms with Crippen molar-refractivity contribution in [3.8, 4) is 0 Å². The van der Waals surface area contributed by atoms with E-state index in [0.29, 0.717) is 12.3 Å². The van der Waals surface area contributed by atoms with Crippen LogP contribution in [0.5, 0.6) is 0 Å². The van der Waals surface area contributed by atoms with Gasteiger partial charge in [0.1, 0.15) is 0 Å². The van der Waals surface area contributed by atoms with Crippen molar-refractivity contribution in [1.82, 2.24) is 5.32 Å². The number of fused-ring (bicyclic) bond motifs is 1. The van der Waals surface area contributed by atoms with Gasteiger partial charge in [0.15, 0.2) is 0 Å². The predicted octanol–water partition coefficient (Wildman–Crippen LogP) is 1.23. The summed E-state index contributed by atoms with van der Waals surface area (Å²) in [4.78, 5) is 14.1. The second-order valence-electron chi connectivity index (χ2n) is 5.12. The highest BCUT2D eigenvalue weighted by atomic mass is 16.2. The average Bonchev–Trinajstić information content (AvgIpc) is 2.35. The van der Waals surface area contributed by atoms with Crippen LogP contribution in [0, 0.1) is 5.92 Å². The van der Waals surface area contributed by atoms with E-state index < -0.39 is 0 Å². The molecule has 2 N–H and O–H groups in total. The largest absolute Gasteiger partial charge is 0.388 e. The fourth-order valence-electron chi connectivity index (χ4n) is 2.65. The first-order valence-electron chi connectivity index (χ1n) is 6.59. The normalized spacial score (nSPS) is 19.4. The number of hydrogen-bond acceptors (Lipinski definition) is 3. The molecule has 0 aromatic heterocycles. The van der Waals surface area contributed by atoms with Gasteiger partial charge in [-0.2, -0.15) is 0 Å². The van der Waals surface area contributed by atoms with Crippen molar-refractivity contribution in [1.29, 1.82) is 0 Å². The molecule has 96 valence electrons. The standard InChI is InChI=1S/C14H19N3O/c1-15-12-3-4-13-11(6-12)2-5-14(18)17(13)9-10-7-16-8-10/h3-4,6,10,15-16H,2,5,7-9H2,1H3. The van der Waals surface area contributed by atoms with Gasteiger partial charge in [-0.3, -0.25) is 4.79 Å². The van der Waals surface area contributed by atoms with E-state index in [2.05, 4.69) is 22.8 Å². The van der Waals surface area contributed by atoms with Gasteiger partial charge in [0, 0.05) is 50.4 Å². The Labute approximate surface area is 107 Å². The quantitative estimate of drug-likeness (QED) is 0.842. The van der Waals surface area contributed by atoms with Crippen LogP contribution in [0.25, 0.3) is 0 Å². The van der Waals surface area contributed by atoms with Crippen LogP contribution in [0.15, 0.2) is 18.2 Å². The number of nitrogens with one attached hydrogen (secondary N) is 2. The van der Waals surface area contributed by atoms with Crippen molar-refractivity contribution >= 4 is 17.3 Å². The van der Waals surface area contributed by atoms with Crippen LogP contribution in [0.3, 0.4) is 0 Å². The molecule has 0 saturated carbocycles. The Morgan fingerprint density at radius 1 is 1.39 bits per heavy atom. The number of carbonyl (C=O) groups excluding carboxylic acids is 1. The van der Waals surface area contributed by atoms with Crippen LogP contribution in [0.4, 0.5) is 11.4 Å². The van der Waals surface area contributed by atoms with Gasteiger partial charge in [0.05, 0.1) is 0 Å². The molecule has 0 spiro atoms. The van der Waals surface area contributed by atoms with Crippen LogP contribution in [-0.2, 0) is 11.2 Å². The monoisotopic (exact) mass is 245 g/mol. The van der Waals surface area contributed by atoms with Crippen LogP contribution in [-0.4, -0.2) is 32.6 Å². The Bertz CT molecular complexity index is 468.